The van der Waals surface area contributed by atoms with Crippen molar-refractivity contribution in [3.63, 3.8) is 0 Å². The van der Waals surface area contributed by atoms with Crippen LogP contribution in [0.25, 0.3) is 0 Å². The summed E-state index contributed by atoms with van der Waals surface area (Å²) in [5, 5.41) is 12.2. The molecule has 1 unspecified atom stereocenters. The highest BCUT2D eigenvalue weighted by Gasteiger charge is 2.12. The van der Waals surface area contributed by atoms with Crippen molar-refractivity contribution in [2.24, 2.45) is 0 Å². The number of hydrogen-bond donors (Lipinski definition) is 1. The summed E-state index contributed by atoms with van der Waals surface area (Å²) in [5.41, 5.74) is 1.19. The molecule has 0 aliphatic heterocycles. The van der Waals surface area contributed by atoms with Gasteiger partial charge in [-0.05, 0) is 52.3 Å². The Hall–Kier alpha value is -1.73. The molecule has 1 aromatic carbocycles. The average molecular weight is 276 g/mol. The standard InChI is InChI=1S/C16H24N2O2/c1-6-19-15-9-13(11-18-16(3,4)5)7-8-14(15)20-12(2)10-17/h7-9,12,18H,6,11H2,1-5H3. The molecule has 0 aromatic heterocycles. The first-order chi connectivity index (χ1) is 9.35. The van der Waals surface area contributed by atoms with Crippen molar-refractivity contribution in [2.75, 3.05) is 6.61 Å². The summed E-state index contributed by atoms with van der Waals surface area (Å²) in [6.45, 7) is 11.3. The van der Waals surface area contributed by atoms with Gasteiger partial charge in [0.05, 0.1) is 6.61 Å². The van der Waals surface area contributed by atoms with Crippen molar-refractivity contribution in [3.05, 3.63) is 23.8 Å². The maximum absolute atomic E-state index is 8.82. The highest BCUT2D eigenvalue weighted by Crippen LogP contribution is 2.29. The number of nitriles is 1. The van der Waals surface area contributed by atoms with Gasteiger partial charge in [0.1, 0.15) is 6.07 Å². The summed E-state index contributed by atoms with van der Waals surface area (Å²) in [7, 11) is 0. The van der Waals surface area contributed by atoms with Crippen molar-refractivity contribution in [1.82, 2.24) is 5.32 Å². The summed E-state index contributed by atoms with van der Waals surface area (Å²) >= 11 is 0. The second-order valence-electron chi connectivity index (χ2n) is 5.71. The molecule has 0 amide bonds. The molecule has 20 heavy (non-hydrogen) atoms. The van der Waals surface area contributed by atoms with Crippen LogP contribution in [0.5, 0.6) is 11.5 Å². The molecule has 0 heterocycles. The topological polar surface area (TPSA) is 54.3 Å². The lowest BCUT2D eigenvalue weighted by atomic mass is 10.1. The van der Waals surface area contributed by atoms with Crippen molar-refractivity contribution in [3.8, 4) is 17.6 Å². The first-order valence-corrected chi connectivity index (χ1v) is 6.92. The third-order valence-corrected chi connectivity index (χ3v) is 2.62. The van der Waals surface area contributed by atoms with Crippen LogP contribution in [-0.4, -0.2) is 18.2 Å². The predicted octanol–water partition coefficient (Wildman–Crippen LogP) is 3.26. The van der Waals surface area contributed by atoms with Crippen LogP contribution < -0.4 is 14.8 Å². The Kier molecular flexibility index (Phi) is 5.84. The van der Waals surface area contributed by atoms with E-state index < -0.39 is 6.10 Å². The summed E-state index contributed by atoms with van der Waals surface area (Å²) in [4.78, 5) is 0. The molecule has 110 valence electrons. The van der Waals surface area contributed by atoms with Crippen LogP contribution in [0.15, 0.2) is 18.2 Å². The Balaban J connectivity index is 2.86. The van der Waals surface area contributed by atoms with Gasteiger partial charge >= 0.3 is 0 Å². The highest BCUT2D eigenvalue weighted by atomic mass is 16.5. The minimum absolute atomic E-state index is 0.0657. The van der Waals surface area contributed by atoms with Gasteiger partial charge in [0.2, 0.25) is 0 Å². The molecule has 0 bridgehead atoms. The lowest BCUT2D eigenvalue weighted by Crippen LogP contribution is -2.35. The highest BCUT2D eigenvalue weighted by molar-refractivity contribution is 5.43. The van der Waals surface area contributed by atoms with E-state index in [4.69, 9.17) is 14.7 Å². The smallest absolute Gasteiger partial charge is 0.181 e. The van der Waals surface area contributed by atoms with E-state index in [2.05, 4.69) is 32.2 Å². The minimum atomic E-state index is -0.493. The molecule has 0 spiro atoms. The van der Waals surface area contributed by atoms with Gasteiger partial charge in [0.15, 0.2) is 17.6 Å². The molecule has 1 aromatic rings. The van der Waals surface area contributed by atoms with Gasteiger partial charge in [0.25, 0.3) is 0 Å². The average Bonchev–Trinajstić information content (AvgIpc) is 2.38. The maximum atomic E-state index is 8.82. The molecular formula is C16H24N2O2. The minimum Gasteiger partial charge on any atom is -0.490 e. The van der Waals surface area contributed by atoms with E-state index in [-0.39, 0.29) is 5.54 Å². The van der Waals surface area contributed by atoms with E-state index in [9.17, 15) is 0 Å². The fraction of sp³-hybridized carbons (Fsp3) is 0.562. The third kappa shape index (κ3) is 5.50. The first kappa shape index (κ1) is 16.3. The van der Waals surface area contributed by atoms with Crippen LogP contribution in [0.1, 0.15) is 40.2 Å². The second kappa shape index (κ2) is 7.16. The van der Waals surface area contributed by atoms with Crippen LogP contribution in [0.2, 0.25) is 0 Å². The molecule has 0 fully saturated rings. The fourth-order valence-electron chi connectivity index (χ4n) is 1.61. The van der Waals surface area contributed by atoms with Gasteiger partial charge in [-0.1, -0.05) is 6.07 Å². The fourth-order valence-corrected chi connectivity index (χ4v) is 1.61. The maximum Gasteiger partial charge on any atom is 0.181 e. The van der Waals surface area contributed by atoms with E-state index in [0.717, 1.165) is 12.1 Å². The van der Waals surface area contributed by atoms with Crippen LogP contribution in [0, 0.1) is 11.3 Å². The van der Waals surface area contributed by atoms with Gasteiger partial charge < -0.3 is 14.8 Å². The number of nitrogens with one attached hydrogen (secondary N) is 1. The SMILES string of the molecule is CCOc1cc(CNC(C)(C)C)ccc1OC(C)C#N. The number of nitrogens with zero attached hydrogens (tertiary/aromatic N) is 1. The second-order valence-corrected chi connectivity index (χ2v) is 5.71. The summed E-state index contributed by atoms with van der Waals surface area (Å²) in [5.74, 6) is 1.29. The molecule has 1 rings (SSSR count). The number of benzene rings is 1. The molecule has 4 nitrogen and oxygen atoms in total. The van der Waals surface area contributed by atoms with Crippen LogP contribution in [0.4, 0.5) is 0 Å². The van der Waals surface area contributed by atoms with Crippen molar-refractivity contribution in [1.29, 1.82) is 5.26 Å². The lowest BCUT2D eigenvalue weighted by Gasteiger charge is -2.21. The van der Waals surface area contributed by atoms with E-state index in [1.807, 2.05) is 25.1 Å². The molecule has 0 saturated carbocycles. The van der Waals surface area contributed by atoms with Gasteiger partial charge in [-0.3, -0.25) is 0 Å². The van der Waals surface area contributed by atoms with Crippen LogP contribution in [0.3, 0.4) is 0 Å². The van der Waals surface area contributed by atoms with Crippen molar-refractivity contribution < 1.29 is 9.47 Å². The Morgan fingerprint density at radius 3 is 2.55 bits per heavy atom. The molecule has 1 N–H and O–H groups in total. The Morgan fingerprint density at radius 2 is 2.00 bits per heavy atom. The predicted molar refractivity (Wildman–Crippen MR) is 79.9 cm³/mol. The zero-order valence-electron chi connectivity index (χ0n) is 13.0. The van der Waals surface area contributed by atoms with E-state index in [1.54, 1.807) is 6.92 Å². The molecule has 0 saturated heterocycles. The summed E-state index contributed by atoms with van der Waals surface area (Å²) < 4.78 is 11.1. The zero-order chi connectivity index (χ0) is 15.2. The Bertz CT molecular complexity index is 472. The van der Waals surface area contributed by atoms with Gasteiger partial charge in [-0.2, -0.15) is 5.26 Å². The molecule has 0 aliphatic carbocycles. The normalized spacial score (nSPS) is 12.6. The van der Waals surface area contributed by atoms with E-state index in [0.29, 0.717) is 18.1 Å². The van der Waals surface area contributed by atoms with Gasteiger partial charge in [-0.25, -0.2) is 0 Å². The van der Waals surface area contributed by atoms with Crippen molar-refractivity contribution >= 4 is 0 Å². The summed E-state index contributed by atoms with van der Waals surface area (Å²) in [6, 6.07) is 7.86. The first-order valence-electron chi connectivity index (χ1n) is 6.92. The van der Waals surface area contributed by atoms with E-state index in [1.165, 1.54) is 0 Å². The van der Waals surface area contributed by atoms with Crippen LogP contribution in [-0.2, 0) is 6.54 Å². The van der Waals surface area contributed by atoms with Gasteiger partial charge in [-0.15, -0.1) is 0 Å². The largest absolute Gasteiger partial charge is 0.490 e. The zero-order valence-corrected chi connectivity index (χ0v) is 13.0. The third-order valence-electron chi connectivity index (χ3n) is 2.62. The van der Waals surface area contributed by atoms with Gasteiger partial charge in [0, 0.05) is 12.1 Å². The number of hydrogen-bond acceptors (Lipinski definition) is 4. The summed E-state index contributed by atoms with van der Waals surface area (Å²) in [6.07, 6.45) is -0.493. The molecule has 0 aliphatic rings. The van der Waals surface area contributed by atoms with E-state index >= 15 is 0 Å². The molecule has 4 heteroatoms. The number of ether oxygens (including phenoxy) is 2. The quantitative estimate of drug-likeness (QED) is 0.866. The Morgan fingerprint density at radius 1 is 1.30 bits per heavy atom. The van der Waals surface area contributed by atoms with Crippen LogP contribution >= 0.6 is 0 Å². The molecule has 1 atom stereocenters. The Labute approximate surface area is 121 Å². The van der Waals surface area contributed by atoms with Crippen molar-refractivity contribution in [2.45, 2.75) is 52.8 Å². The number of rotatable bonds is 6. The monoisotopic (exact) mass is 276 g/mol. The molecule has 0 radical (unpaired) electrons. The lowest BCUT2D eigenvalue weighted by molar-refractivity contribution is 0.249. The molecular weight excluding hydrogens is 252 g/mol.